The minimum absolute atomic E-state index is 0.536. The van der Waals surface area contributed by atoms with E-state index in [1.165, 1.54) is 25.7 Å². The van der Waals surface area contributed by atoms with Crippen LogP contribution in [0.25, 0.3) is 0 Å². The monoisotopic (exact) mass is 247 g/mol. The quantitative estimate of drug-likeness (QED) is 0.767. The molecular formula is C15H25N3. The number of nitrogens with one attached hydrogen (secondary N) is 2. The molecule has 3 heteroatoms. The highest BCUT2D eigenvalue weighted by Crippen LogP contribution is 2.43. The maximum atomic E-state index is 4.58. The van der Waals surface area contributed by atoms with E-state index >= 15 is 0 Å². The normalized spacial score (nSPS) is 17.0. The summed E-state index contributed by atoms with van der Waals surface area (Å²) < 4.78 is 0. The molecule has 0 radical (unpaired) electrons. The molecule has 100 valence electrons. The largest absolute Gasteiger partial charge is 0.370 e. The molecule has 1 fully saturated rings. The summed E-state index contributed by atoms with van der Waals surface area (Å²) in [7, 11) is 0. The van der Waals surface area contributed by atoms with Crippen LogP contribution in [-0.2, 0) is 0 Å². The summed E-state index contributed by atoms with van der Waals surface area (Å²) >= 11 is 0. The van der Waals surface area contributed by atoms with E-state index in [1.54, 1.807) is 0 Å². The lowest BCUT2D eigenvalue weighted by atomic mass is 9.67. The number of hydrogen-bond donors (Lipinski definition) is 2. The summed E-state index contributed by atoms with van der Waals surface area (Å²) in [5.41, 5.74) is 0.536. The maximum Gasteiger partial charge on any atom is 0.128 e. The van der Waals surface area contributed by atoms with Crippen molar-refractivity contribution < 1.29 is 0 Å². The molecule has 1 aliphatic carbocycles. The highest BCUT2D eigenvalue weighted by Gasteiger charge is 2.34. The second-order valence-corrected chi connectivity index (χ2v) is 5.40. The predicted octanol–water partition coefficient (Wildman–Crippen LogP) is 3.90. The summed E-state index contributed by atoms with van der Waals surface area (Å²) in [5.74, 6) is 1.97. The minimum atomic E-state index is 0.536. The van der Waals surface area contributed by atoms with Gasteiger partial charge in [-0.3, -0.25) is 0 Å². The van der Waals surface area contributed by atoms with Crippen LogP contribution >= 0.6 is 0 Å². The Morgan fingerprint density at radius 1 is 1.17 bits per heavy atom. The molecule has 0 unspecified atom stereocenters. The molecule has 2 rings (SSSR count). The van der Waals surface area contributed by atoms with Crippen molar-refractivity contribution in [2.24, 2.45) is 5.41 Å². The lowest BCUT2D eigenvalue weighted by Crippen LogP contribution is -2.36. The van der Waals surface area contributed by atoms with Gasteiger partial charge < -0.3 is 10.6 Å². The molecule has 0 atom stereocenters. The number of anilines is 2. The van der Waals surface area contributed by atoms with Crippen LogP contribution in [0.3, 0.4) is 0 Å². The lowest BCUT2D eigenvalue weighted by Gasteiger charge is -2.41. The summed E-state index contributed by atoms with van der Waals surface area (Å²) in [6, 6.07) is 6.14. The van der Waals surface area contributed by atoms with Crippen molar-refractivity contribution in [1.29, 1.82) is 0 Å². The molecular weight excluding hydrogens is 222 g/mol. The smallest absolute Gasteiger partial charge is 0.128 e. The van der Waals surface area contributed by atoms with E-state index < -0.39 is 0 Å². The van der Waals surface area contributed by atoms with Gasteiger partial charge in [0.1, 0.15) is 11.6 Å². The lowest BCUT2D eigenvalue weighted by molar-refractivity contribution is 0.145. The molecule has 0 aliphatic heterocycles. The van der Waals surface area contributed by atoms with Crippen LogP contribution in [0, 0.1) is 5.41 Å². The molecule has 0 amide bonds. The Kier molecular flexibility index (Phi) is 4.45. The van der Waals surface area contributed by atoms with Gasteiger partial charge >= 0.3 is 0 Å². The second-order valence-electron chi connectivity index (χ2n) is 5.40. The van der Waals surface area contributed by atoms with Crippen molar-refractivity contribution in [2.45, 2.75) is 46.0 Å². The zero-order valence-corrected chi connectivity index (χ0v) is 11.6. The Labute approximate surface area is 110 Å². The van der Waals surface area contributed by atoms with Crippen LogP contribution < -0.4 is 10.6 Å². The summed E-state index contributed by atoms with van der Waals surface area (Å²) in [6.07, 6.45) is 6.52. The van der Waals surface area contributed by atoms with Crippen molar-refractivity contribution in [3.05, 3.63) is 18.2 Å². The molecule has 1 saturated carbocycles. The number of pyridine rings is 1. The molecule has 1 aliphatic rings. The van der Waals surface area contributed by atoms with Gasteiger partial charge in [0, 0.05) is 13.1 Å². The van der Waals surface area contributed by atoms with Crippen molar-refractivity contribution in [1.82, 2.24) is 4.98 Å². The molecule has 0 aromatic carbocycles. The van der Waals surface area contributed by atoms with Gasteiger partial charge in [-0.25, -0.2) is 4.98 Å². The fraction of sp³-hybridized carbons (Fsp3) is 0.667. The first-order valence-electron chi connectivity index (χ1n) is 7.23. The number of rotatable bonds is 7. The van der Waals surface area contributed by atoms with E-state index in [9.17, 15) is 0 Å². The summed E-state index contributed by atoms with van der Waals surface area (Å²) in [4.78, 5) is 4.58. The average molecular weight is 247 g/mol. The first-order valence-corrected chi connectivity index (χ1v) is 7.23. The molecule has 0 spiro atoms. The fourth-order valence-electron chi connectivity index (χ4n) is 2.49. The zero-order valence-electron chi connectivity index (χ0n) is 11.6. The highest BCUT2D eigenvalue weighted by molar-refractivity contribution is 5.45. The Bertz CT molecular complexity index is 366. The van der Waals surface area contributed by atoms with Gasteiger partial charge in [0.2, 0.25) is 0 Å². The molecule has 1 heterocycles. The van der Waals surface area contributed by atoms with E-state index in [2.05, 4.69) is 41.6 Å². The van der Waals surface area contributed by atoms with Crippen LogP contribution in [0.5, 0.6) is 0 Å². The Balaban J connectivity index is 1.88. The Morgan fingerprint density at radius 2 is 1.89 bits per heavy atom. The number of hydrogen-bond acceptors (Lipinski definition) is 3. The number of aromatic nitrogens is 1. The molecule has 2 N–H and O–H groups in total. The molecule has 1 aromatic heterocycles. The van der Waals surface area contributed by atoms with Gasteiger partial charge in [-0.1, -0.05) is 26.3 Å². The van der Waals surface area contributed by atoms with E-state index in [4.69, 9.17) is 0 Å². The van der Waals surface area contributed by atoms with Crippen LogP contribution in [0.4, 0.5) is 11.6 Å². The molecule has 3 nitrogen and oxygen atoms in total. The van der Waals surface area contributed by atoms with E-state index in [0.29, 0.717) is 5.41 Å². The van der Waals surface area contributed by atoms with Crippen molar-refractivity contribution in [3.8, 4) is 0 Å². The van der Waals surface area contributed by atoms with Gasteiger partial charge in [-0.15, -0.1) is 0 Å². The fourth-order valence-corrected chi connectivity index (χ4v) is 2.49. The third-order valence-corrected chi connectivity index (χ3v) is 4.11. The summed E-state index contributed by atoms with van der Waals surface area (Å²) in [5, 5.41) is 6.83. The third-order valence-electron chi connectivity index (χ3n) is 4.11. The van der Waals surface area contributed by atoms with Crippen molar-refractivity contribution >= 4 is 11.6 Å². The molecule has 18 heavy (non-hydrogen) atoms. The topological polar surface area (TPSA) is 37.0 Å². The Morgan fingerprint density at radius 3 is 2.44 bits per heavy atom. The Hall–Kier alpha value is -1.25. The first-order chi connectivity index (χ1) is 8.78. The standard InChI is InChI=1S/C15H25N3/c1-3-11-16-13-7-5-8-14(18-13)17-12-15(4-2)9-6-10-15/h5,7-8H,3-4,6,9-12H2,1-2H3,(H2,16,17,18). The van der Waals surface area contributed by atoms with Crippen molar-refractivity contribution in [2.75, 3.05) is 23.7 Å². The van der Waals surface area contributed by atoms with E-state index in [-0.39, 0.29) is 0 Å². The van der Waals surface area contributed by atoms with Gasteiger partial charge in [0.25, 0.3) is 0 Å². The van der Waals surface area contributed by atoms with Crippen molar-refractivity contribution in [3.63, 3.8) is 0 Å². The van der Waals surface area contributed by atoms with Crippen LogP contribution in [0.15, 0.2) is 18.2 Å². The highest BCUT2D eigenvalue weighted by atomic mass is 15.1. The van der Waals surface area contributed by atoms with Gasteiger partial charge in [-0.05, 0) is 43.2 Å². The minimum Gasteiger partial charge on any atom is -0.370 e. The van der Waals surface area contributed by atoms with Crippen LogP contribution in [-0.4, -0.2) is 18.1 Å². The SMILES string of the molecule is CCCNc1cccc(NCC2(CC)CCC2)n1. The third kappa shape index (κ3) is 3.15. The number of nitrogens with zero attached hydrogens (tertiary/aromatic N) is 1. The molecule has 0 saturated heterocycles. The molecule has 1 aromatic rings. The predicted molar refractivity (Wildman–Crippen MR) is 78.1 cm³/mol. The van der Waals surface area contributed by atoms with Crippen LogP contribution in [0.2, 0.25) is 0 Å². The van der Waals surface area contributed by atoms with Crippen LogP contribution in [0.1, 0.15) is 46.0 Å². The summed E-state index contributed by atoms with van der Waals surface area (Å²) in [6.45, 7) is 6.51. The first kappa shape index (κ1) is 13.2. The van der Waals surface area contributed by atoms with Gasteiger partial charge in [0.05, 0.1) is 0 Å². The average Bonchev–Trinajstić information content (AvgIpc) is 2.36. The van der Waals surface area contributed by atoms with E-state index in [0.717, 1.165) is 31.1 Å². The van der Waals surface area contributed by atoms with E-state index in [1.807, 2.05) is 6.07 Å². The molecule has 0 bridgehead atoms. The zero-order chi connectivity index (χ0) is 12.8. The van der Waals surface area contributed by atoms with Gasteiger partial charge in [0.15, 0.2) is 0 Å². The second kappa shape index (κ2) is 6.07. The maximum absolute atomic E-state index is 4.58. The van der Waals surface area contributed by atoms with Gasteiger partial charge in [-0.2, -0.15) is 0 Å².